The van der Waals surface area contributed by atoms with Crippen LogP contribution in [0, 0.1) is 6.92 Å². The molecule has 1 rings (SSSR count). The third-order valence-electron chi connectivity index (χ3n) is 1.79. The molecule has 0 saturated heterocycles. The van der Waals surface area contributed by atoms with E-state index in [1.54, 1.807) is 11.3 Å². The van der Waals surface area contributed by atoms with Gasteiger partial charge in [0.1, 0.15) is 5.01 Å². The Hall–Kier alpha value is -0.0600. The summed E-state index contributed by atoms with van der Waals surface area (Å²) in [7, 11) is 0. The Kier molecular flexibility index (Phi) is 6.23. The van der Waals surface area contributed by atoms with Crippen molar-refractivity contribution in [1.29, 1.82) is 0 Å². The minimum Gasteiger partial charge on any atom is -0.310 e. The van der Waals surface area contributed by atoms with E-state index in [1.807, 2.05) is 18.0 Å². The number of rotatable bonds is 7. The predicted octanol–water partition coefficient (Wildman–Crippen LogP) is 2.68. The smallest absolute Gasteiger partial charge is 0.107 e. The molecule has 0 aliphatic rings. The second-order valence-electron chi connectivity index (χ2n) is 3.09. The van der Waals surface area contributed by atoms with Crippen LogP contribution in [-0.4, -0.2) is 23.0 Å². The summed E-state index contributed by atoms with van der Waals surface area (Å²) in [6.07, 6.45) is 3.19. The van der Waals surface area contributed by atoms with E-state index in [1.165, 1.54) is 27.8 Å². The first-order valence-electron chi connectivity index (χ1n) is 5.02. The predicted molar refractivity (Wildman–Crippen MR) is 66.2 cm³/mol. The molecule has 0 radical (unpaired) electrons. The number of thioether (sulfide) groups is 1. The lowest BCUT2D eigenvalue weighted by Crippen LogP contribution is -2.15. The van der Waals surface area contributed by atoms with E-state index in [0.717, 1.165) is 13.1 Å². The number of nitrogens with zero attached hydrogens (tertiary/aromatic N) is 1. The summed E-state index contributed by atoms with van der Waals surface area (Å²) in [6, 6.07) is 0. The zero-order valence-corrected chi connectivity index (χ0v) is 10.5. The number of thiazole rings is 1. The zero-order valence-electron chi connectivity index (χ0n) is 8.88. The molecule has 0 unspecified atom stereocenters. The molecular weight excluding hydrogens is 212 g/mol. The Morgan fingerprint density at radius 3 is 3.07 bits per heavy atom. The minimum absolute atomic E-state index is 0.926. The molecule has 0 amide bonds. The van der Waals surface area contributed by atoms with Crippen LogP contribution in [-0.2, 0) is 6.54 Å². The molecule has 4 heteroatoms. The fourth-order valence-corrected chi connectivity index (χ4v) is 2.52. The van der Waals surface area contributed by atoms with Crippen molar-refractivity contribution in [2.75, 3.05) is 18.1 Å². The van der Waals surface area contributed by atoms with Crippen LogP contribution < -0.4 is 5.32 Å². The van der Waals surface area contributed by atoms with Gasteiger partial charge in [-0.2, -0.15) is 11.8 Å². The normalized spacial score (nSPS) is 10.7. The number of aryl methyl sites for hydroxylation is 1. The van der Waals surface area contributed by atoms with E-state index in [0.29, 0.717) is 0 Å². The van der Waals surface area contributed by atoms with Gasteiger partial charge in [-0.25, -0.2) is 4.98 Å². The van der Waals surface area contributed by atoms with E-state index < -0.39 is 0 Å². The summed E-state index contributed by atoms with van der Waals surface area (Å²) >= 11 is 3.78. The Labute approximate surface area is 94.5 Å². The lowest BCUT2D eigenvalue weighted by molar-refractivity contribution is 0.676. The Morgan fingerprint density at radius 1 is 1.57 bits per heavy atom. The van der Waals surface area contributed by atoms with Gasteiger partial charge in [0.25, 0.3) is 0 Å². The zero-order chi connectivity index (χ0) is 10.2. The minimum atomic E-state index is 0.926. The van der Waals surface area contributed by atoms with Crippen molar-refractivity contribution < 1.29 is 0 Å². The van der Waals surface area contributed by atoms with E-state index in [9.17, 15) is 0 Å². The number of hydrogen-bond donors (Lipinski definition) is 1. The van der Waals surface area contributed by atoms with Gasteiger partial charge in [0.05, 0.1) is 0 Å². The average Bonchev–Trinajstić information content (AvgIpc) is 2.58. The van der Waals surface area contributed by atoms with Crippen LogP contribution >= 0.6 is 23.1 Å². The van der Waals surface area contributed by atoms with Crippen LogP contribution in [0.2, 0.25) is 0 Å². The lowest BCUT2D eigenvalue weighted by atomic mass is 10.5. The molecule has 0 aromatic carbocycles. The van der Waals surface area contributed by atoms with Gasteiger partial charge in [-0.3, -0.25) is 0 Å². The van der Waals surface area contributed by atoms with Crippen LogP contribution in [0.5, 0.6) is 0 Å². The van der Waals surface area contributed by atoms with Crippen molar-refractivity contribution in [3.8, 4) is 0 Å². The molecule has 1 aromatic rings. The van der Waals surface area contributed by atoms with E-state index in [4.69, 9.17) is 0 Å². The topological polar surface area (TPSA) is 24.9 Å². The standard InChI is InChI=1S/C10H18N2S2/c1-3-13-6-4-5-11-8-10-12-7-9(2)14-10/h7,11H,3-6,8H2,1-2H3. The molecule has 1 N–H and O–H groups in total. The maximum atomic E-state index is 4.30. The van der Waals surface area contributed by atoms with Gasteiger partial charge in [-0.05, 0) is 31.4 Å². The molecule has 2 nitrogen and oxygen atoms in total. The number of hydrogen-bond acceptors (Lipinski definition) is 4. The third-order valence-corrected chi connectivity index (χ3v) is 3.69. The van der Waals surface area contributed by atoms with Crippen molar-refractivity contribution in [2.24, 2.45) is 0 Å². The largest absolute Gasteiger partial charge is 0.310 e. The molecule has 0 fully saturated rings. The summed E-state index contributed by atoms with van der Waals surface area (Å²) in [5.74, 6) is 2.49. The molecule has 0 aliphatic carbocycles. The van der Waals surface area contributed by atoms with Crippen LogP contribution in [0.3, 0.4) is 0 Å². The average molecular weight is 230 g/mol. The van der Waals surface area contributed by atoms with Crippen molar-refractivity contribution in [1.82, 2.24) is 10.3 Å². The van der Waals surface area contributed by atoms with Crippen molar-refractivity contribution in [2.45, 2.75) is 26.8 Å². The first-order chi connectivity index (χ1) is 6.83. The van der Waals surface area contributed by atoms with Crippen LogP contribution in [0.25, 0.3) is 0 Å². The first kappa shape index (κ1) is 12.0. The summed E-state index contributed by atoms with van der Waals surface area (Å²) in [5, 5.41) is 4.61. The highest BCUT2D eigenvalue weighted by atomic mass is 32.2. The highest BCUT2D eigenvalue weighted by molar-refractivity contribution is 7.99. The molecule has 0 saturated carbocycles. The van der Waals surface area contributed by atoms with Gasteiger partial charge in [-0.15, -0.1) is 11.3 Å². The second-order valence-corrected chi connectivity index (χ2v) is 5.81. The van der Waals surface area contributed by atoms with E-state index in [2.05, 4.69) is 24.1 Å². The number of nitrogens with one attached hydrogen (secondary N) is 1. The van der Waals surface area contributed by atoms with Crippen LogP contribution in [0.4, 0.5) is 0 Å². The maximum absolute atomic E-state index is 4.30. The molecule has 0 aliphatic heterocycles. The molecular formula is C10H18N2S2. The fraction of sp³-hybridized carbons (Fsp3) is 0.700. The van der Waals surface area contributed by atoms with Gasteiger partial charge in [0.2, 0.25) is 0 Å². The monoisotopic (exact) mass is 230 g/mol. The first-order valence-corrected chi connectivity index (χ1v) is 7.00. The molecule has 0 atom stereocenters. The van der Waals surface area contributed by atoms with Crippen molar-refractivity contribution in [3.63, 3.8) is 0 Å². The quantitative estimate of drug-likeness (QED) is 0.729. The Morgan fingerprint density at radius 2 is 2.43 bits per heavy atom. The summed E-state index contributed by atoms with van der Waals surface area (Å²) in [6.45, 7) is 6.33. The molecule has 0 bridgehead atoms. The molecule has 0 spiro atoms. The van der Waals surface area contributed by atoms with Crippen molar-refractivity contribution in [3.05, 3.63) is 16.1 Å². The SMILES string of the molecule is CCSCCCNCc1ncc(C)s1. The molecule has 1 aromatic heterocycles. The fourth-order valence-electron chi connectivity index (χ4n) is 1.12. The second kappa shape index (κ2) is 7.26. The Bertz CT molecular complexity index is 248. The Balaban J connectivity index is 1.99. The summed E-state index contributed by atoms with van der Waals surface area (Å²) in [5.41, 5.74) is 0. The molecule has 14 heavy (non-hydrogen) atoms. The highest BCUT2D eigenvalue weighted by Gasteiger charge is 1.96. The van der Waals surface area contributed by atoms with Gasteiger partial charge in [0.15, 0.2) is 0 Å². The number of aromatic nitrogens is 1. The van der Waals surface area contributed by atoms with Gasteiger partial charge < -0.3 is 5.32 Å². The highest BCUT2D eigenvalue weighted by Crippen LogP contribution is 2.10. The van der Waals surface area contributed by atoms with Crippen LogP contribution in [0.15, 0.2) is 6.20 Å². The van der Waals surface area contributed by atoms with E-state index in [-0.39, 0.29) is 0 Å². The van der Waals surface area contributed by atoms with Crippen LogP contribution in [0.1, 0.15) is 23.2 Å². The van der Waals surface area contributed by atoms with Gasteiger partial charge in [-0.1, -0.05) is 6.92 Å². The van der Waals surface area contributed by atoms with Gasteiger partial charge in [0, 0.05) is 17.6 Å². The maximum Gasteiger partial charge on any atom is 0.107 e. The van der Waals surface area contributed by atoms with Crippen molar-refractivity contribution >= 4 is 23.1 Å². The molecule has 80 valence electrons. The third kappa shape index (κ3) is 4.98. The van der Waals surface area contributed by atoms with E-state index >= 15 is 0 Å². The summed E-state index contributed by atoms with van der Waals surface area (Å²) < 4.78 is 0. The lowest BCUT2D eigenvalue weighted by Gasteiger charge is -2.01. The summed E-state index contributed by atoms with van der Waals surface area (Å²) in [4.78, 5) is 5.60. The van der Waals surface area contributed by atoms with Gasteiger partial charge >= 0.3 is 0 Å². The molecule has 1 heterocycles.